The van der Waals surface area contributed by atoms with E-state index >= 15 is 0 Å². The Kier molecular flexibility index (Phi) is 4.23. The summed E-state index contributed by atoms with van der Waals surface area (Å²) in [6.45, 7) is 2.72. The maximum absolute atomic E-state index is 13.7. The van der Waals surface area contributed by atoms with Crippen LogP contribution in [0.3, 0.4) is 0 Å². The van der Waals surface area contributed by atoms with Crippen molar-refractivity contribution in [2.24, 2.45) is 7.05 Å². The highest BCUT2D eigenvalue weighted by atomic mass is 32.1. The lowest BCUT2D eigenvalue weighted by Crippen LogP contribution is -2.36. The van der Waals surface area contributed by atoms with Gasteiger partial charge < -0.3 is 19.4 Å². The molecule has 2 aliphatic carbocycles. The third-order valence-electron chi connectivity index (χ3n) is 6.29. The second-order valence-corrected chi connectivity index (χ2v) is 9.46. The number of hydrogen-bond acceptors (Lipinski definition) is 7. The Morgan fingerprint density at radius 1 is 1.25 bits per heavy atom. The van der Waals surface area contributed by atoms with E-state index in [9.17, 15) is 4.79 Å². The van der Waals surface area contributed by atoms with Gasteiger partial charge in [0.15, 0.2) is 5.13 Å². The van der Waals surface area contributed by atoms with Crippen molar-refractivity contribution in [2.45, 2.75) is 51.2 Å². The number of amides is 1. The van der Waals surface area contributed by atoms with Crippen molar-refractivity contribution >= 4 is 39.2 Å². The zero-order valence-electron chi connectivity index (χ0n) is 17.9. The standard InChI is InChI=1S/C22H22N8OS/c1-3-29-16(21(31)30(12-4-5-12)13-6-7-13)8-15-17-18(26-11-25-17)19(28(2)20(15)29)27-22-24-10-14(9-23)32-22/h8,10-13H,3-7H2,1-2H3,(H,24,27). The van der Waals surface area contributed by atoms with Crippen LogP contribution in [0, 0.1) is 11.3 Å². The molecule has 10 heteroatoms. The van der Waals surface area contributed by atoms with E-state index in [2.05, 4.69) is 42.7 Å². The average Bonchev–Trinajstić information content (AvgIpc) is 3.67. The molecule has 0 spiro atoms. The zero-order chi connectivity index (χ0) is 22.0. The minimum absolute atomic E-state index is 0.119. The summed E-state index contributed by atoms with van der Waals surface area (Å²) in [7, 11) is 1.96. The van der Waals surface area contributed by atoms with Gasteiger partial charge >= 0.3 is 0 Å². The van der Waals surface area contributed by atoms with E-state index < -0.39 is 0 Å². The Labute approximate surface area is 188 Å². The lowest BCUT2D eigenvalue weighted by molar-refractivity contribution is 0.0719. The Morgan fingerprint density at radius 3 is 2.59 bits per heavy atom. The number of carbonyl (C=O) groups excluding carboxylic acids is 1. The van der Waals surface area contributed by atoms with Crippen LogP contribution in [0.2, 0.25) is 0 Å². The Bertz CT molecular complexity index is 1350. The molecule has 2 aliphatic heterocycles. The van der Waals surface area contributed by atoms with E-state index in [4.69, 9.17) is 5.26 Å². The molecule has 2 fully saturated rings. The number of nitriles is 1. The lowest BCUT2D eigenvalue weighted by Gasteiger charge is -2.23. The molecule has 0 bridgehead atoms. The molecule has 6 rings (SSSR count). The number of aryl methyl sites for hydroxylation is 2. The van der Waals surface area contributed by atoms with Gasteiger partial charge in [-0.15, -0.1) is 0 Å². The predicted octanol–water partition coefficient (Wildman–Crippen LogP) is 3.73. The maximum Gasteiger partial charge on any atom is 0.271 e. The number of nitrogens with one attached hydrogen (secondary N) is 1. The van der Waals surface area contributed by atoms with Gasteiger partial charge in [-0.3, -0.25) is 4.79 Å². The van der Waals surface area contributed by atoms with E-state index in [-0.39, 0.29) is 5.91 Å². The molecular formula is C22H22N8OS. The van der Waals surface area contributed by atoms with Crippen molar-refractivity contribution in [3.05, 3.63) is 29.2 Å². The largest absolute Gasteiger partial charge is 0.331 e. The molecule has 2 aromatic rings. The first-order valence-corrected chi connectivity index (χ1v) is 11.7. The third kappa shape index (κ3) is 2.88. The number of imidazole rings is 1. The molecule has 2 aromatic heterocycles. The predicted molar refractivity (Wildman–Crippen MR) is 121 cm³/mol. The number of aromatic nitrogens is 5. The second kappa shape index (κ2) is 7.03. The summed E-state index contributed by atoms with van der Waals surface area (Å²) in [4.78, 5) is 29.6. The van der Waals surface area contributed by atoms with Crippen LogP contribution >= 0.6 is 11.3 Å². The summed E-state index contributed by atoms with van der Waals surface area (Å²) in [5, 5.41) is 14.0. The number of carbonyl (C=O) groups is 1. The van der Waals surface area contributed by atoms with Crippen LogP contribution in [-0.4, -0.2) is 47.0 Å². The number of anilines is 2. The van der Waals surface area contributed by atoms with Gasteiger partial charge in [-0.25, -0.2) is 15.0 Å². The van der Waals surface area contributed by atoms with Crippen molar-refractivity contribution < 1.29 is 4.79 Å². The van der Waals surface area contributed by atoms with Gasteiger partial charge in [0.2, 0.25) is 0 Å². The topological polar surface area (TPSA) is 105 Å². The summed E-state index contributed by atoms with van der Waals surface area (Å²) < 4.78 is 4.09. The van der Waals surface area contributed by atoms with Crippen LogP contribution in [0.5, 0.6) is 0 Å². The molecule has 9 nitrogen and oxygen atoms in total. The SMILES string of the molecule is CCn1c(C(=O)N(C2CC2)C2CC2)cc2c3ncnc-3c(Nc3ncc(C#N)s3)n(C)c21. The summed E-state index contributed by atoms with van der Waals surface area (Å²) >= 11 is 1.28. The molecule has 32 heavy (non-hydrogen) atoms. The summed E-state index contributed by atoms with van der Waals surface area (Å²) in [5.41, 5.74) is 3.08. The van der Waals surface area contributed by atoms with E-state index in [1.807, 2.05) is 17.7 Å². The highest BCUT2D eigenvalue weighted by molar-refractivity contribution is 7.16. The monoisotopic (exact) mass is 446 g/mol. The first-order chi connectivity index (χ1) is 15.6. The van der Waals surface area contributed by atoms with Crippen LogP contribution in [0.15, 0.2) is 18.6 Å². The van der Waals surface area contributed by atoms with Crippen LogP contribution in [-0.2, 0) is 13.6 Å². The third-order valence-corrected chi connectivity index (χ3v) is 7.11. The van der Waals surface area contributed by atoms with Crippen molar-refractivity contribution in [3.63, 3.8) is 0 Å². The first kappa shape index (κ1) is 19.3. The van der Waals surface area contributed by atoms with Gasteiger partial charge in [0.1, 0.15) is 45.8 Å². The fourth-order valence-corrected chi connectivity index (χ4v) is 5.18. The second-order valence-electron chi connectivity index (χ2n) is 8.43. The molecule has 4 aliphatic rings. The Balaban J connectivity index is 1.52. The smallest absolute Gasteiger partial charge is 0.271 e. The molecule has 4 heterocycles. The quantitative estimate of drug-likeness (QED) is 0.484. The molecule has 0 radical (unpaired) electrons. The minimum Gasteiger partial charge on any atom is -0.331 e. The number of thiazole rings is 1. The summed E-state index contributed by atoms with van der Waals surface area (Å²) in [5.74, 6) is 0.852. The van der Waals surface area contributed by atoms with Crippen LogP contribution in [0.25, 0.3) is 22.4 Å². The Morgan fingerprint density at radius 2 is 1.97 bits per heavy atom. The van der Waals surface area contributed by atoms with Gasteiger partial charge in [-0.2, -0.15) is 5.26 Å². The average molecular weight is 447 g/mol. The molecule has 162 valence electrons. The fourth-order valence-electron chi connectivity index (χ4n) is 4.57. The normalized spacial score (nSPS) is 15.9. The molecule has 1 amide bonds. The van der Waals surface area contributed by atoms with E-state index in [0.717, 1.165) is 48.2 Å². The van der Waals surface area contributed by atoms with Crippen LogP contribution in [0.1, 0.15) is 48.0 Å². The number of fused-ring (bicyclic) bond motifs is 3. The summed E-state index contributed by atoms with van der Waals surface area (Å²) in [6, 6.07) is 4.88. The van der Waals surface area contributed by atoms with Gasteiger partial charge in [0.25, 0.3) is 5.91 Å². The van der Waals surface area contributed by atoms with Crippen LogP contribution < -0.4 is 5.32 Å². The number of hydrogen-bond donors (Lipinski definition) is 1. The van der Waals surface area contributed by atoms with Gasteiger partial charge in [-0.05, 0) is 38.7 Å². The van der Waals surface area contributed by atoms with Crippen molar-refractivity contribution in [1.29, 1.82) is 5.26 Å². The van der Waals surface area contributed by atoms with Gasteiger partial charge in [0, 0.05) is 31.1 Å². The maximum atomic E-state index is 13.7. The Hall–Kier alpha value is -3.45. The van der Waals surface area contributed by atoms with E-state index in [1.165, 1.54) is 11.3 Å². The van der Waals surface area contributed by atoms with Gasteiger partial charge in [0.05, 0.1) is 6.20 Å². The van der Waals surface area contributed by atoms with Crippen molar-refractivity contribution in [3.8, 4) is 17.5 Å². The molecule has 2 saturated carbocycles. The fraction of sp³-hybridized carbons (Fsp3) is 0.409. The molecule has 1 N–H and O–H groups in total. The minimum atomic E-state index is 0.119. The van der Waals surface area contributed by atoms with E-state index in [0.29, 0.717) is 40.0 Å². The zero-order valence-corrected chi connectivity index (χ0v) is 18.7. The first-order valence-electron chi connectivity index (χ1n) is 10.9. The number of pyridine rings is 1. The summed E-state index contributed by atoms with van der Waals surface area (Å²) in [6.07, 6.45) is 7.51. The van der Waals surface area contributed by atoms with Crippen LogP contribution in [0.4, 0.5) is 10.9 Å². The molecule has 0 saturated heterocycles. The number of nitrogens with zero attached hydrogens (tertiary/aromatic N) is 7. The van der Waals surface area contributed by atoms with Crippen molar-refractivity contribution in [2.75, 3.05) is 5.32 Å². The molecular weight excluding hydrogens is 424 g/mol. The number of rotatable bonds is 6. The molecule has 0 atom stereocenters. The highest BCUT2D eigenvalue weighted by Crippen LogP contribution is 2.41. The van der Waals surface area contributed by atoms with E-state index in [1.54, 1.807) is 12.5 Å². The lowest BCUT2D eigenvalue weighted by atomic mass is 10.2. The highest BCUT2D eigenvalue weighted by Gasteiger charge is 2.43. The van der Waals surface area contributed by atoms with Crippen molar-refractivity contribution in [1.82, 2.24) is 29.0 Å². The molecule has 0 aromatic carbocycles. The molecule has 0 unspecified atom stereocenters. The van der Waals surface area contributed by atoms with Gasteiger partial charge in [-0.1, -0.05) is 11.3 Å².